The number of ether oxygens (including phenoxy) is 1. The summed E-state index contributed by atoms with van der Waals surface area (Å²) >= 11 is 5.15. The summed E-state index contributed by atoms with van der Waals surface area (Å²) in [6.45, 7) is 6.02. The molecule has 0 saturated carbocycles. The van der Waals surface area contributed by atoms with Gasteiger partial charge in [-0.15, -0.1) is 11.3 Å². The number of aliphatic hydroxyl groups is 1. The summed E-state index contributed by atoms with van der Waals surface area (Å²) < 4.78 is 6.48. The first-order chi connectivity index (χ1) is 8.95. The lowest BCUT2D eigenvalue weighted by Crippen LogP contribution is -2.05. The number of thiophene rings is 1. The Labute approximate surface area is 126 Å². The van der Waals surface area contributed by atoms with Crippen molar-refractivity contribution in [3.63, 3.8) is 0 Å². The van der Waals surface area contributed by atoms with E-state index in [-0.39, 0.29) is 0 Å². The monoisotopic (exact) mass is 340 g/mol. The molecule has 1 N–H and O–H groups in total. The van der Waals surface area contributed by atoms with Crippen LogP contribution in [-0.2, 0) is 0 Å². The second-order valence-corrected chi connectivity index (χ2v) is 6.77. The minimum Gasteiger partial charge on any atom is -0.496 e. The van der Waals surface area contributed by atoms with Crippen molar-refractivity contribution in [3.05, 3.63) is 49.1 Å². The molecular formula is C15H17BrO2S. The van der Waals surface area contributed by atoms with Crippen LogP contribution in [0.2, 0.25) is 0 Å². The topological polar surface area (TPSA) is 29.5 Å². The molecule has 0 aliphatic carbocycles. The lowest BCUT2D eigenvalue weighted by molar-refractivity contribution is 0.217. The number of aliphatic hydroxyl groups excluding tert-OH is 1. The van der Waals surface area contributed by atoms with Crippen LogP contribution in [0, 0.1) is 20.8 Å². The molecule has 1 atom stereocenters. The maximum atomic E-state index is 10.7. The first-order valence-electron chi connectivity index (χ1n) is 6.03. The fraction of sp³-hybridized carbons (Fsp3) is 0.333. The number of methoxy groups -OCH3 is 1. The van der Waals surface area contributed by atoms with Crippen molar-refractivity contribution in [2.24, 2.45) is 0 Å². The van der Waals surface area contributed by atoms with Crippen molar-refractivity contribution in [1.29, 1.82) is 0 Å². The van der Waals surface area contributed by atoms with Crippen LogP contribution in [0.1, 0.15) is 32.5 Å². The summed E-state index contributed by atoms with van der Waals surface area (Å²) in [5.41, 5.74) is 2.87. The van der Waals surface area contributed by atoms with E-state index in [0.29, 0.717) is 0 Å². The Morgan fingerprint density at radius 3 is 2.47 bits per heavy atom. The van der Waals surface area contributed by atoms with E-state index in [1.54, 1.807) is 18.4 Å². The molecule has 102 valence electrons. The highest BCUT2D eigenvalue weighted by atomic mass is 79.9. The Morgan fingerprint density at radius 1 is 1.26 bits per heavy atom. The van der Waals surface area contributed by atoms with Gasteiger partial charge in [-0.05, 0) is 50.1 Å². The molecule has 4 heteroatoms. The summed E-state index contributed by atoms with van der Waals surface area (Å²) in [6, 6.07) is 6.01. The molecule has 0 aliphatic rings. The standard InChI is InChI=1S/C15H17BrO2S/c1-8-7-11(16)10(3)13(15(8)18-4)14(17)12-6-5-9(2)19-12/h5-7,14,17H,1-4H3. The number of hydrogen-bond acceptors (Lipinski definition) is 3. The Bertz CT molecular complexity index is 604. The normalized spacial score (nSPS) is 12.5. The highest BCUT2D eigenvalue weighted by Crippen LogP contribution is 2.40. The Hall–Kier alpha value is -0.840. The van der Waals surface area contributed by atoms with Gasteiger partial charge in [-0.1, -0.05) is 15.9 Å². The van der Waals surface area contributed by atoms with Crippen LogP contribution in [0.5, 0.6) is 5.75 Å². The van der Waals surface area contributed by atoms with Crippen LogP contribution < -0.4 is 4.74 Å². The molecule has 0 spiro atoms. The molecular weight excluding hydrogens is 324 g/mol. The van der Waals surface area contributed by atoms with Crippen molar-refractivity contribution in [2.45, 2.75) is 26.9 Å². The van der Waals surface area contributed by atoms with E-state index in [9.17, 15) is 5.11 Å². The molecule has 2 nitrogen and oxygen atoms in total. The zero-order chi connectivity index (χ0) is 14.2. The fourth-order valence-corrected chi connectivity index (χ4v) is 3.65. The fourth-order valence-electron chi connectivity index (χ4n) is 2.22. The van der Waals surface area contributed by atoms with Gasteiger partial charge in [-0.3, -0.25) is 0 Å². The highest BCUT2D eigenvalue weighted by Gasteiger charge is 2.22. The molecule has 1 heterocycles. The Morgan fingerprint density at radius 2 is 1.95 bits per heavy atom. The quantitative estimate of drug-likeness (QED) is 0.889. The Kier molecular flexibility index (Phi) is 4.33. The first-order valence-corrected chi connectivity index (χ1v) is 7.64. The summed E-state index contributed by atoms with van der Waals surface area (Å²) in [4.78, 5) is 2.13. The molecule has 0 aliphatic heterocycles. The largest absolute Gasteiger partial charge is 0.496 e. The van der Waals surface area contributed by atoms with Crippen LogP contribution in [0.3, 0.4) is 0 Å². The average molecular weight is 341 g/mol. The molecule has 1 aromatic carbocycles. The van der Waals surface area contributed by atoms with Gasteiger partial charge in [-0.25, -0.2) is 0 Å². The van der Waals surface area contributed by atoms with Gasteiger partial charge in [0, 0.05) is 19.8 Å². The van der Waals surface area contributed by atoms with Gasteiger partial charge in [-0.2, -0.15) is 0 Å². The van der Waals surface area contributed by atoms with E-state index in [0.717, 1.165) is 31.8 Å². The van der Waals surface area contributed by atoms with E-state index < -0.39 is 6.10 Å². The van der Waals surface area contributed by atoms with Gasteiger partial charge >= 0.3 is 0 Å². The van der Waals surface area contributed by atoms with Gasteiger partial charge in [0.2, 0.25) is 0 Å². The maximum Gasteiger partial charge on any atom is 0.128 e. The molecule has 1 aromatic heterocycles. The van der Waals surface area contributed by atoms with E-state index in [1.807, 2.05) is 39.0 Å². The lowest BCUT2D eigenvalue weighted by Gasteiger charge is -2.19. The van der Waals surface area contributed by atoms with E-state index >= 15 is 0 Å². The van der Waals surface area contributed by atoms with Crippen molar-refractivity contribution in [2.75, 3.05) is 7.11 Å². The zero-order valence-electron chi connectivity index (χ0n) is 11.5. The van der Waals surface area contributed by atoms with Crippen molar-refractivity contribution >= 4 is 27.3 Å². The minimum atomic E-state index is -0.648. The predicted octanol–water partition coefficient (Wildman–Crippen LogP) is 4.53. The van der Waals surface area contributed by atoms with Gasteiger partial charge in [0.25, 0.3) is 0 Å². The number of rotatable bonds is 3. The predicted molar refractivity (Wildman–Crippen MR) is 83.3 cm³/mol. The molecule has 19 heavy (non-hydrogen) atoms. The molecule has 1 unspecified atom stereocenters. The first kappa shape index (κ1) is 14.6. The van der Waals surface area contributed by atoms with E-state index in [4.69, 9.17) is 4.74 Å². The molecule has 0 amide bonds. The number of hydrogen-bond donors (Lipinski definition) is 1. The number of halogens is 1. The third kappa shape index (κ3) is 2.71. The molecule has 0 radical (unpaired) electrons. The zero-order valence-corrected chi connectivity index (χ0v) is 13.9. The van der Waals surface area contributed by atoms with Gasteiger partial charge in [0.15, 0.2) is 0 Å². The second-order valence-electron chi connectivity index (χ2n) is 4.60. The lowest BCUT2D eigenvalue weighted by atomic mass is 9.98. The number of aryl methyl sites for hydroxylation is 2. The SMILES string of the molecule is COc1c(C)cc(Br)c(C)c1C(O)c1ccc(C)s1. The summed E-state index contributed by atoms with van der Waals surface area (Å²) in [5, 5.41) is 10.7. The molecule has 0 fully saturated rings. The van der Waals surface area contributed by atoms with Crippen LogP contribution >= 0.6 is 27.3 Å². The van der Waals surface area contributed by atoms with E-state index in [1.165, 1.54) is 4.88 Å². The third-order valence-electron chi connectivity index (χ3n) is 3.22. The molecule has 0 saturated heterocycles. The third-order valence-corrected chi connectivity index (χ3v) is 5.09. The summed E-state index contributed by atoms with van der Waals surface area (Å²) in [6.07, 6.45) is -0.648. The molecule has 2 rings (SSSR count). The maximum absolute atomic E-state index is 10.7. The summed E-state index contributed by atoms with van der Waals surface area (Å²) in [5.74, 6) is 0.763. The van der Waals surface area contributed by atoms with Gasteiger partial charge < -0.3 is 9.84 Å². The van der Waals surface area contributed by atoms with Crippen molar-refractivity contribution < 1.29 is 9.84 Å². The van der Waals surface area contributed by atoms with Crippen molar-refractivity contribution in [1.82, 2.24) is 0 Å². The van der Waals surface area contributed by atoms with Crippen LogP contribution in [0.25, 0.3) is 0 Å². The van der Waals surface area contributed by atoms with Gasteiger partial charge in [0.1, 0.15) is 11.9 Å². The molecule has 0 bridgehead atoms. The van der Waals surface area contributed by atoms with Crippen LogP contribution in [-0.4, -0.2) is 12.2 Å². The van der Waals surface area contributed by atoms with Gasteiger partial charge in [0.05, 0.1) is 7.11 Å². The van der Waals surface area contributed by atoms with Crippen LogP contribution in [0.4, 0.5) is 0 Å². The summed E-state index contributed by atoms with van der Waals surface area (Å²) in [7, 11) is 1.64. The second kappa shape index (κ2) is 5.65. The van der Waals surface area contributed by atoms with Crippen LogP contribution in [0.15, 0.2) is 22.7 Å². The smallest absolute Gasteiger partial charge is 0.128 e. The Balaban J connectivity index is 2.60. The van der Waals surface area contributed by atoms with E-state index in [2.05, 4.69) is 15.9 Å². The number of benzene rings is 1. The highest BCUT2D eigenvalue weighted by molar-refractivity contribution is 9.10. The molecule has 2 aromatic rings. The minimum absolute atomic E-state index is 0.648. The average Bonchev–Trinajstić information content (AvgIpc) is 2.79. The van der Waals surface area contributed by atoms with Crippen molar-refractivity contribution in [3.8, 4) is 5.75 Å².